The number of nitrogens with one attached hydrogen (secondary N) is 1. The molecule has 0 spiro atoms. The van der Waals surface area contributed by atoms with E-state index in [-0.39, 0.29) is 23.4 Å². The van der Waals surface area contributed by atoms with Crippen molar-refractivity contribution in [1.82, 2.24) is 10.2 Å². The summed E-state index contributed by atoms with van der Waals surface area (Å²) in [5.74, 6) is -0.777. The molecule has 0 bridgehead atoms. The maximum atomic E-state index is 13.9. The van der Waals surface area contributed by atoms with Gasteiger partial charge in [-0.15, -0.1) is 0 Å². The highest BCUT2D eigenvalue weighted by Crippen LogP contribution is 2.25. The van der Waals surface area contributed by atoms with E-state index < -0.39 is 28.5 Å². The Morgan fingerprint density at radius 3 is 2.14 bits per heavy atom. The molecule has 0 aliphatic rings. The molecule has 0 saturated carbocycles. The summed E-state index contributed by atoms with van der Waals surface area (Å²) in [5.41, 5.74) is 3.10. The molecule has 196 valence electrons. The molecule has 0 radical (unpaired) electrons. The number of carbonyl (C=O) groups is 2. The first kappa shape index (κ1) is 27.9. The third-order valence-electron chi connectivity index (χ3n) is 6.10. The highest BCUT2D eigenvalue weighted by atomic mass is 32.2. The number of aryl methyl sites for hydroxylation is 2. The standard InChI is InChI=1S/C29H35N3O4S/c1-21(2)30-29(34)24(5)31(19-25-14-10-9-13-23(25)4)28(33)20-32(26-15-11-12-22(3)18-26)37(35,36)27-16-7-6-8-17-27/h6-18,21,24H,19-20H2,1-5H3,(H,30,34)/t24-/m0/s1. The second-order valence-electron chi connectivity index (χ2n) is 9.45. The Hall–Kier alpha value is -3.65. The monoisotopic (exact) mass is 521 g/mol. The first-order valence-corrected chi connectivity index (χ1v) is 13.7. The third kappa shape index (κ3) is 6.98. The number of sulfonamides is 1. The molecule has 37 heavy (non-hydrogen) atoms. The molecule has 0 fully saturated rings. The lowest BCUT2D eigenvalue weighted by atomic mass is 10.1. The zero-order chi connectivity index (χ0) is 27.2. The van der Waals surface area contributed by atoms with Gasteiger partial charge in [0.25, 0.3) is 10.0 Å². The second kappa shape index (κ2) is 12.1. The van der Waals surface area contributed by atoms with Gasteiger partial charge in [-0.25, -0.2) is 8.42 Å². The van der Waals surface area contributed by atoms with Gasteiger partial charge in [0, 0.05) is 12.6 Å². The van der Waals surface area contributed by atoms with E-state index >= 15 is 0 Å². The maximum Gasteiger partial charge on any atom is 0.264 e. The van der Waals surface area contributed by atoms with Gasteiger partial charge in [-0.2, -0.15) is 0 Å². The minimum Gasteiger partial charge on any atom is -0.352 e. The lowest BCUT2D eigenvalue weighted by Crippen LogP contribution is -2.52. The Labute approximate surface area is 220 Å². The van der Waals surface area contributed by atoms with E-state index in [1.807, 2.05) is 58.0 Å². The summed E-state index contributed by atoms with van der Waals surface area (Å²) in [6.07, 6.45) is 0. The summed E-state index contributed by atoms with van der Waals surface area (Å²) in [7, 11) is -4.06. The molecule has 0 unspecified atom stereocenters. The zero-order valence-corrected chi connectivity index (χ0v) is 22.8. The van der Waals surface area contributed by atoms with Crippen molar-refractivity contribution in [3.63, 3.8) is 0 Å². The molecular formula is C29H35N3O4S. The van der Waals surface area contributed by atoms with Crippen molar-refractivity contribution in [3.8, 4) is 0 Å². The van der Waals surface area contributed by atoms with Crippen molar-refractivity contribution in [2.75, 3.05) is 10.8 Å². The summed E-state index contributed by atoms with van der Waals surface area (Å²) in [5, 5.41) is 2.86. The number of anilines is 1. The van der Waals surface area contributed by atoms with Crippen LogP contribution in [0.5, 0.6) is 0 Å². The van der Waals surface area contributed by atoms with E-state index in [9.17, 15) is 18.0 Å². The molecule has 0 saturated heterocycles. The van der Waals surface area contributed by atoms with Gasteiger partial charge < -0.3 is 10.2 Å². The fraction of sp³-hybridized carbons (Fsp3) is 0.310. The lowest BCUT2D eigenvalue weighted by Gasteiger charge is -2.32. The maximum absolute atomic E-state index is 13.9. The van der Waals surface area contributed by atoms with Gasteiger partial charge in [-0.3, -0.25) is 13.9 Å². The van der Waals surface area contributed by atoms with Crippen LogP contribution < -0.4 is 9.62 Å². The molecule has 3 aromatic carbocycles. The third-order valence-corrected chi connectivity index (χ3v) is 7.89. The van der Waals surface area contributed by atoms with Crippen LogP contribution in [-0.2, 0) is 26.2 Å². The molecular weight excluding hydrogens is 486 g/mol. The van der Waals surface area contributed by atoms with Crippen LogP contribution in [0.25, 0.3) is 0 Å². The van der Waals surface area contributed by atoms with E-state index in [1.54, 1.807) is 43.3 Å². The average Bonchev–Trinajstić information content (AvgIpc) is 2.86. The van der Waals surface area contributed by atoms with Crippen molar-refractivity contribution >= 4 is 27.5 Å². The minimum atomic E-state index is -4.06. The Morgan fingerprint density at radius 2 is 1.51 bits per heavy atom. The van der Waals surface area contributed by atoms with Gasteiger partial charge in [0.05, 0.1) is 10.6 Å². The summed E-state index contributed by atoms with van der Waals surface area (Å²) in [6, 6.07) is 21.8. The topological polar surface area (TPSA) is 86.8 Å². The summed E-state index contributed by atoms with van der Waals surface area (Å²) < 4.78 is 28.6. The molecule has 3 rings (SSSR count). The van der Waals surface area contributed by atoms with Gasteiger partial charge in [0.15, 0.2) is 0 Å². The van der Waals surface area contributed by atoms with Crippen molar-refractivity contribution in [3.05, 3.63) is 95.6 Å². The largest absolute Gasteiger partial charge is 0.352 e. The fourth-order valence-electron chi connectivity index (χ4n) is 3.99. The van der Waals surface area contributed by atoms with Crippen molar-refractivity contribution < 1.29 is 18.0 Å². The first-order chi connectivity index (χ1) is 17.5. The molecule has 0 aromatic heterocycles. The Balaban J connectivity index is 2.03. The number of amides is 2. The summed E-state index contributed by atoms with van der Waals surface area (Å²) >= 11 is 0. The van der Waals surface area contributed by atoms with Crippen molar-refractivity contribution in [1.29, 1.82) is 0 Å². The molecule has 1 atom stereocenters. The fourth-order valence-corrected chi connectivity index (χ4v) is 5.42. The molecule has 8 heteroatoms. The number of hydrogen-bond donors (Lipinski definition) is 1. The highest BCUT2D eigenvalue weighted by molar-refractivity contribution is 7.92. The van der Waals surface area contributed by atoms with Crippen LogP contribution in [0.1, 0.15) is 37.5 Å². The van der Waals surface area contributed by atoms with Crippen LogP contribution in [0.15, 0.2) is 83.8 Å². The zero-order valence-electron chi connectivity index (χ0n) is 22.0. The normalized spacial score (nSPS) is 12.2. The molecule has 0 aliphatic heterocycles. The number of nitrogens with zero attached hydrogens (tertiary/aromatic N) is 2. The predicted molar refractivity (Wildman–Crippen MR) is 147 cm³/mol. The van der Waals surface area contributed by atoms with Gasteiger partial charge >= 0.3 is 0 Å². The van der Waals surface area contributed by atoms with E-state index in [0.29, 0.717) is 5.69 Å². The number of rotatable bonds is 10. The molecule has 7 nitrogen and oxygen atoms in total. The van der Waals surface area contributed by atoms with E-state index in [0.717, 1.165) is 21.0 Å². The Bertz CT molecular complexity index is 1340. The Kier molecular flexibility index (Phi) is 9.10. The number of hydrogen-bond acceptors (Lipinski definition) is 4. The van der Waals surface area contributed by atoms with E-state index in [4.69, 9.17) is 0 Å². The quantitative estimate of drug-likeness (QED) is 0.427. The van der Waals surface area contributed by atoms with Crippen LogP contribution in [0.2, 0.25) is 0 Å². The van der Waals surface area contributed by atoms with Crippen molar-refractivity contribution in [2.45, 2.75) is 58.1 Å². The average molecular weight is 522 g/mol. The van der Waals surface area contributed by atoms with E-state index in [1.165, 1.54) is 17.0 Å². The van der Waals surface area contributed by atoms with Crippen LogP contribution >= 0.6 is 0 Å². The van der Waals surface area contributed by atoms with Crippen molar-refractivity contribution in [2.24, 2.45) is 0 Å². The van der Waals surface area contributed by atoms with Crippen LogP contribution in [0, 0.1) is 13.8 Å². The summed E-state index contributed by atoms with van der Waals surface area (Å²) in [4.78, 5) is 28.4. The number of carbonyl (C=O) groups excluding carboxylic acids is 2. The second-order valence-corrected chi connectivity index (χ2v) is 11.3. The van der Waals surface area contributed by atoms with Gasteiger partial charge in [-0.05, 0) is 75.6 Å². The van der Waals surface area contributed by atoms with Crippen LogP contribution in [0.3, 0.4) is 0 Å². The minimum absolute atomic E-state index is 0.0837. The smallest absolute Gasteiger partial charge is 0.264 e. The van der Waals surface area contributed by atoms with Crippen LogP contribution in [0.4, 0.5) is 5.69 Å². The highest BCUT2D eigenvalue weighted by Gasteiger charge is 2.32. The Morgan fingerprint density at radius 1 is 0.865 bits per heavy atom. The van der Waals surface area contributed by atoms with Gasteiger partial charge in [0.2, 0.25) is 11.8 Å². The molecule has 2 amide bonds. The first-order valence-electron chi connectivity index (χ1n) is 12.3. The SMILES string of the molecule is Cc1cccc(N(CC(=O)N(Cc2ccccc2C)[C@@H](C)C(=O)NC(C)C)S(=O)(=O)c2ccccc2)c1. The van der Waals surface area contributed by atoms with Gasteiger partial charge in [-0.1, -0.05) is 54.6 Å². The van der Waals surface area contributed by atoms with Gasteiger partial charge in [0.1, 0.15) is 12.6 Å². The predicted octanol–water partition coefficient (Wildman–Crippen LogP) is 4.44. The van der Waals surface area contributed by atoms with E-state index in [2.05, 4.69) is 5.32 Å². The van der Waals surface area contributed by atoms with Crippen LogP contribution in [-0.4, -0.2) is 43.8 Å². The molecule has 0 heterocycles. The summed E-state index contributed by atoms with van der Waals surface area (Å²) in [6.45, 7) is 8.89. The molecule has 1 N–H and O–H groups in total. The molecule has 3 aromatic rings. The molecule has 0 aliphatic carbocycles. The lowest BCUT2D eigenvalue weighted by molar-refractivity contribution is -0.139. The number of benzene rings is 3.